The van der Waals surface area contributed by atoms with Gasteiger partial charge in [-0.1, -0.05) is 6.92 Å². The highest BCUT2D eigenvalue weighted by Crippen LogP contribution is 2.16. The van der Waals surface area contributed by atoms with E-state index in [-0.39, 0.29) is 35.7 Å². The highest BCUT2D eigenvalue weighted by Gasteiger charge is 2.25. The number of nitrogens with zero attached hydrogens (tertiary/aromatic N) is 1. The molecule has 0 aliphatic carbocycles. The van der Waals surface area contributed by atoms with E-state index in [1.54, 1.807) is 6.92 Å². The Morgan fingerprint density at radius 3 is 2.75 bits per heavy atom. The Kier molecular flexibility index (Phi) is 9.37. The van der Waals surface area contributed by atoms with Crippen LogP contribution in [0.5, 0.6) is 0 Å². The third-order valence-corrected chi connectivity index (χ3v) is 5.16. The number of carbonyl (C=O) groups excluding carboxylic acids is 1. The average molecular weight is 328 g/mol. The van der Waals surface area contributed by atoms with E-state index >= 15 is 0 Å². The lowest BCUT2D eigenvalue weighted by atomic mass is 9.97. The highest BCUT2D eigenvalue weighted by atomic mass is 35.5. The fourth-order valence-electron chi connectivity index (χ4n) is 2.22. The van der Waals surface area contributed by atoms with Crippen LogP contribution >= 0.6 is 12.4 Å². The summed E-state index contributed by atoms with van der Waals surface area (Å²) in [6, 6.07) is 0. The van der Waals surface area contributed by atoms with Gasteiger partial charge in [0.05, 0.1) is 11.7 Å². The monoisotopic (exact) mass is 327 g/mol. The maximum Gasteiger partial charge on any atom is 0.224 e. The predicted octanol–water partition coefficient (Wildman–Crippen LogP) is -0.370. The molecule has 0 aromatic carbocycles. The SMILES string of the molecule is CCS(=O)(=O)CCN1CCCC(C(=O)NCCN)C1.Cl. The topological polar surface area (TPSA) is 92.5 Å². The first-order valence-corrected chi connectivity index (χ1v) is 8.71. The minimum atomic E-state index is -2.93. The number of halogens is 1. The maximum atomic E-state index is 11.8. The molecule has 1 unspecified atom stereocenters. The van der Waals surface area contributed by atoms with Crippen LogP contribution in [0.25, 0.3) is 0 Å². The Morgan fingerprint density at radius 2 is 2.15 bits per heavy atom. The molecule has 0 bridgehead atoms. The summed E-state index contributed by atoms with van der Waals surface area (Å²) in [6.07, 6.45) is 1.81. The van der Waals surface area contributed by atoms with Crippen molar-refractivity contribution < 1.29 is 13.2 Å². The van der Waals surface area contributed by atoms with Crippen molar-refractivity contribution in [1.82, 2.24) is 10.2 Å². The van der Waals surface area contributed by atoms with Crippen LogP contribution in [0.4, 0.5) is 0 Å². The molecule has 1 aliphatic rings. The van der Waals surface area contributed by atoms with Crippen molar-refractivity contribution in [3.63, 3.8) is 0 Å². The van der Waals surface area contributed by atoms with E-state index in [9.17, 15) is 13.2 Å². The van der Waals surface area contributed by atoms with Gasteiger partial charge < -0.3 is 16.0 Å². The molecule has 1 amide bonds. The molecular weight excluding hydrogens is 302 g/mol. The van der Waals surface area contributed by atoms with Crippen LogP contribution in [-0.2, 0) is 14.6 Å². The lowest BCUT2D eigenvalue weighted by Crippen LogP contribution is -2.45. The van der Waals surface area contributed by atoms with E-state index in [4.69, 9.17) is 5.73 Å². The lowest BCUT2D eigenvalue weighted by Gasteiger charge is -2.31. The third-order valence-electron chi connectivity index (χ3n) is 3.48. The predicted molar refractivity (Wildman–Crippen MR) is 82.8 cm³/mol. The smallest absolute Gasteiger partial charge is 0.224 e. The van der Waals surface area contributed by atoms with Gasteiger partial charge in [0, 0.05) is 31.9 Å². The molecule has 1 saturated heterocycles. The largest absolute Gasteiger partial charge is 0.355 e. The fraction of sp³-hybridized carbons (Fsp3) is 0.917. The van der Waals surface area contributed by atoms with Gasteiger partial charge in [-0.25, -0.2) is 8.42 Å². The molecule has 0 spiro atoms. The molecule has 0 aromatic heterocycles. The summed E-state index contributed by atoms with van der Waals surface area (Å²) in [5, 5.41) is 2.80. The number of carbonyl (C=O) groups is 1. The van der Waals surface area contributed by atoms with Crippen molar-refractivity contribution in [1.29, 1.82) is 0 Å². The van der Waals surface area contributed by atoms with Crippen LogP contribution in [0, 0.1) is 5.92 Å². The summed E-state index contributed by atoms with van der Waals surface area (Å²) in [6.45, 7) is 4.65. The highest BCUT2D eigenvalue weighted by molar-refractivity contribution is 7.91. The van der Waals surface area contributed by atoms with Gasteiger partial charge >= 0.3 is 0 Å². The second-order valence-electron chi connectivity index (χ2n) is 4.96. The van der Waals surface area contributed by atoms with Gasteiger partial charge in [0.2, 0.25) is 5.91 Å². The molecular formula is C12H26ClN3O3S. The fourth-order valence-corrected chi connectivity index (χ4v) is 3.05. The van der Waals surface area contributed by atoms with E-state index < -0.39 is 9.84 Å². The molecule has 1 heterocycles. The number of hydrogen-bond donors (Lipinski definition) is 2. The Balaban J connectivity index is 0.00000361. The summed E-state index contributed by atoms with van der Waals surface area (Å²) in [7, 11) is -2.93. The summed E-state index contributed by atoms with van der Waals surface area (Å²) in [4.78, 5) is 13.9. The zero-order valence-electron chi connectivity index (χ0n) is 12.0. The minimum Gasteiger partial charge on any atom is -0.355 e. The van der Waals surface area contributed by atoms with Gasteiger partial charge in [0.1, 0.15) is 0 Å². The third kappa shape index (κ3) is 6.88. The van der Waals surface area contributed by atoms with Gasteiger partial charge in [-0.3, -0.25) is 4.79 Å². The zero-order valence-corrected chi connectivity index (χ0v) is 13.6. The second-order valence-corrected chi connectivity index (χ2v) is 7.43. The standard InChI is InChI=1S/C12H25N3O3S.ClH/c1-2-19(17,18)9-8-15-7-3-4-11(10-15)12(16)14-6-5-13;/h11H,2-10,13H2,1H3,(H,14,16);1H. The maximum absolute atomic E-state index is 11.8. The molecule has 120 valence electrons. The summed E-state index contributed by atoms with van der Waals surface area (Å²) < 4.78 is 23.0. The van der Waals surface area contributed by atoms with E-state index in [0.29, 0.717) is 26.2 Å². The van der Waals surface area contributed by atoms with Crippen molar-refractivity contribution in [2.75, 3.05) is 44.2 Å². The quantitative estimate of drug-likeness (QED) is 0.665. The van der Waals surface area contributed by atoms with Gasteiger partial charge in [-0.2, -0.15) is 0 Å². The van der Waals surface area contributed by atoms with Gasteiger partial charge in [0.25, 0.3) is 0 Å². The number of nitrogens with one attached hydrogen (secondary N) is 1. The lowest BCUT2D eigenvalue weighted by molar-refractivity contribution is -0.126. The van der Waals surface area contributed by atoms with Gasteiger partial charge in [0.15, 0.2) is 9.84 Å². The van der Waals surface area contributed by atoms with Crippen molar-refractivity contribution in [3.8, 4) is 0 Å². The number of piperidine rings is 1. The van der Waals surface area contributed by atoms with Crippen LogP contribution in [0.15, 0.2) is 0 Å². The molecule has 20 heavy (non-hydrogen) atoms. The van der Waals surface area contributed by atoms with Crippen molar-refractivity contribution in [3.05, 3.63) is 0 Å². The number of rotatable bonds is 7. The molecule has 0 aromatic rings. The number of sulfone groups is 1. The number of nitrogens with two attached hydrogens (primary N) is 1. The molecule has 1 rings (SSSR count). The normalized spacial score (nSPS) is 20.2. The molecule has 0 radical (unpaired) electrons. The van der Waals surface area contributed by atoms with Crippen LogP contribution in [0.2, 0.25) is 0 Å². The van der Waals surface area contributed by atoms with Crippen molar-refractivity contribution in [2.24, 2.45) is 11.7 Å². The van der Waals surface area contributed by atoms with Gasteiger partial charge in [-0.15, -0.1) is 12.4 Å². The second kappa shape index (κ2) is 9.55. The van der Waals surface area contributed by atoms with E-state index in [1.807, 2.05) is 0 Å². The van der Waals surface area contributed by atoms with Crippen LogP contribution in [-0.4, -0.2) is 63.5 Å². The number of likely N-dealkylation sites (tertiary alicyclic amines) is 1. The molecule has 1 atom stereocenters. The number of hydrogen-bond acceptors (Lipinski definition) is 5. The molecule has 6 nitrogen and oxygen atoms in total. The first-order valence-electron chi connectivity index (χ1n) is 6.89. The Morgan fingerprint density at radius 1 is 1.45 bits per heavy atom. The van der Waals surface area contributed by atoms with E-state index in [1.165, 1.54) is 0 Å². The summed E-state index contributed by atoms with van der Waals surface area (Å²) >= 11 is 0. The number of amides is 1. The van der Waals surface area contributed by atoms with Gasteiger partial charge in [-0.05, 0) is 19.4 Å². The molecule has 8 heteroatoms. The van der Waals surface area contributed by atoms with Crippen molar-refractivity contribution in [2.45, 2.75) is 19.8 Å². The van der Waals surface area contributed by atoms with Crippen LogP contribution in [0.1, 0.15) is 19.8 Å². The molecule has 3 N–H and O–H groups in total. The molecule has 0 saturated carbocycles. The summed E-state index contributed by atoms with van der Waals surface area (Å²) in [5.41, 5.74) is 5.35. The Labute approximate surface area is 127 Å². The minimum absolute atomic E-state index is 0. The molecule has 1 aliphatic heterocycles. The first kappa shape index (κ1) is 19.6. The van der Waals surface area contributed by atoms with Crippen molar-refractivity contribution >= 4 is 28.2 Å². The van der Waals surface area contributed by atoms with E-state index in [2.05, 4.69) is 10.2 Å². The Hall–Kier alpha value is -0.370. The van der Waals surface area contributed by atoms with E-state index in [0.717, 1.165) is 19.4 Å². The molecule has 1 fully saturated rings. The summed E-state index contributed by atoms with van der Waals surface area (Å²) in [5.74, 6) is 0.361. The zero-order chi connectivity index (χ0) is 14.3. The first-order chi connectivity index (χ1) is 8.98. The van der Waals surface area contributed by atoms with Crippen LogP contribution in [0.3, 0.4) is 0 Å². The Bertz CT molecular complexity index is 389. The van der Waals surface area contributed by atoms with Crippen LogP contribution < -0.4 is 11.1 Å². The average Bonchev–Trinajstić information content (AvgIpc) is 2.43.